The van der Waals surface area contributed by atoms with Gasteiger partial charge in [0.25, 0.3) is 0 Å². The maximum Gasteiger partial charge on any atom is 0.159 e. The largest absolute Gasteiger partial charge is 0.354 e. The highest BCUT2D eigenvalue weighted by atomic mass is 15.3. The number of pyridine rings is 1. The van der Waals surface area contributed by atoms with Crippen LogP contribution in [0.2, 0.25) is 0 Å². The number of hydrogen-bond acceptors (Lipinski definition) is 4. The third-order valence-corrected chi connectivity index (χ3v) is 3.01. The average molecular weight is 217 g/mol. The van der Waals surface area contributed by atoms with Crippen molar-refractivity contribution in [2.24, 2.45) is 7.05 Å². The first-order valence-electron chi connectivity index (χ1n) is 5.59. The summed E-state index contributed by atoms with van der Waals surface area (Å²) in [6.45, 7) is 4.11. The van der Waals surface area contributed by atoms with Gasteiger partial charge in [-0.05, 0) is 12.1 Å². The minimum atomic E-state index is 0.955. The van der Waals surface area contributed by atoms with E-state index in [0.29, 0.717) is 0 Å². The smallest absolute Gasteiger partial charge is 0.159 e. The van der Waals surface area contributed by atoms with Gasteiger partial charge in [0.2, 0.25) is 0 Å². The first kappa shape index (κ1) is 9.59. The van der Waals surface area contributed by atoms with Crippen LogP contribution in [0.1, 0.15) is 0 Å². The monoisotopic (exact) mass is 217 g/mol. The van der Waals surface area contributed by atoms with Crippen molar-refractivity contribution in [1.82, 2.24) is 20.1 Å². The Morgan fingerprint density at radius 2 is 2.06 bits per heavy atom. The molecule has 0 aromatic carbocycles. The molecule has 5 nitrogen and oxygen atoms in total. The van der Waals surface area contributed by atoms with Crippen molar-refractivity contribution in [2.75, 3.05) is 31.1 Å². The molecule has 1 saturated heterocycles. The van der Waals surface area contributed by atoms with E-state index in [-0.39, 0.29) is 0 Å². The van der Waals surface area contributed by atoms with Gasteiger partial charge in [-0.2, -0.15) is 5.10 Å². The maximum atomic E-state index is 4.66. The SMILES string of the molecule is Cn1ncc2ccc(N3CCNCC3)nc21. The van der Waals surface area contributed by atoms with Crippen molar-refractivity contribution in [2.45, 2.75) is 0 Å². The van der Waals surface area contributed by atoms with E-state index in [9.17, 15) is 0 Å². The molecule has 0 aliphatic carbocycles. The Morgan fingerprint density at radius 3 is 2.88 bits per heavy atom. The van der Waals surface area contributed by atoms with Gasteiger partial charge < -0.3 is 10.2 Å². The van der Waals surface area contributed by atoms with E-state index in [0.717, 1.165) is 43.0 Å². The van der Waals surface area contributed by atoms with Crippen LogP contribution in [0.3, 0.4) is 0 Å². The number of aryl methyl sites for hydroxylation is 1. The highest BCUT2D eigenvalue weighted by Gasteiger charge is 2.12. The van der Waals surface area contributed by atoms with Crippen LogP contribution in [0.4, 0.5) is 5.82 Å². The van der Waals surface area contributed by atoms with Gasteiger partial charge in [0.1, 0.15) is 5.82 Å². The second kappa shape index (κ2) is 3.75. The molecule has 2 aromatic heterocycles. The Balaban J connectivity index is 1.99. The zero-order chi connectivity index (χ0) is 11.0. The van der Waals surface area contributed by atoms with Crippen LogP contribution in [0.25, 0.3) is 11.0 Å². The number of nitrogens with zero attached hydrogens (tertiary/aromatic N) is 4. The Hall–Kier alpha value is -1.62. The van der Waals surface area contributed by atoms with Gasteiger partial charge in [0.05, 0.1) is 6.20 Å². The van der Waals surface area contributed by atoms with Crippen molar-refractivity contribution < 1.29 is 0 Å². The lowest BCUT2D eigenvalue weighted by atomic mass is 10.3. The van der Waals surface area contributed by atoms with E-state index in [1.807, 2.05) is 17.9 Å². The van der Waals surface area contributed by atoms with Crippen molar-refractivity contribution in [3.63, 3.8) is 0 Å². The van der Waals surface area contributed by atoms with Gasteiger partial charge in [-0.3, -0.25) is 4.68 Å². The zero-order valence-electron chi connectivity index (χ0n) is 9.35. The first-order chi connectivity index (χ1) is 7.84. The van der Waals surface area contributed by atoms with Crippen LogP contribution in [0, 0.1) is 0 Å². The molecule has 5 heteroatoms. The van der Waals surface area contributed by atoms with E-state index < -0.39 is 0 Å². The number of hydrogen-bond donors (Lipinski definition) is 1. The molecule has 1 fully saturated rings. The van der Waals surface area contributed by atoms with Crippen molar-refractivity contribution in [1.29, 1.82) is 0 Å². The van der Waals surface area contributed by atoms with Crippen LogP contribution in [-0.4, -0.2) is 40.9 Å². The molecular weight excluding hydrogens is 202 g/mol. The normalized spacial score (nSPS) is 16.9. The van der Waals surface area contributed by atoms with Gasteiger partial charge in [0.15, 0.2) is 5.65 Å². The number of anilines is 1. The molecule has 1 aliphatic heterocycles. The first-order valence-corrected chi connectivity index (χ1v) is 5.59. The van der Waals surface area contributed by atoms with E-state index in [1.165, 1.54) is 0 Å². The summed E-state index contributed by atoms with van der Waals surface area (Å²) in [5.41, 5.74) is 0.955. The Kier molecular flexibility index (Phi) is 2.25. The fourth-order valence-electron chi connectivity index (χ4n) is 2.08. The summed E-state index contributed by atoms with van der Waals surface area (Å²) in [4.78, 5) is 6.97. The Bertz CT molecular complexity index is 498. The van der Waals surface area contributed by atoms with E-state index in [4.69, 9.17) is 0 Å². The molecule has 0 atom stereocenters. The fourth-order valence-corrected chi connectivity index (χ4v) is 2.08. The molecule has 0 radical (unpaired) electrons. The molecule has 3 heterocycles. The highest BCUT2D eigenvalue weighted by Crippen LogP contribution is 2.17. The third kappa shape index (κ3) is 1.53. The molecule has 0 unspecified atom stereocenters. The van der Waals surface area contributed by atoms with Gasteiger partial charge in [-0.25, -0.2) is 4.98 Å². The minimum Gasteiger partial charge on any atom is -0.354 e. The lowest BCUT2D eigenvalue weighted by Gasteiger charge is -2.28. The standard InChI is InChI=1S/C11H15N5/c1-15-11-9(8-13-15)2-3-10(14-11)16-6-4-12-5-7-16/h2-3,8,12H,4-7H2,1H3. The molecule has 1 N–H and O–H groups in total. The summed E-state index contributed by atoms with van der Waals surface area (Å²) in [5, 5.41) is 8.64. The van der Waals surface area contributed by atoms with E-state index >= 15 is 0 Å². The number of fused-ring (bicyclic) bond motifs is 1. The molecule has 0 saturated carbocycles. The number of nitrogens with one attached hydrogen (secondary N) is 1. The molecule has 0 spiro atoms. The van der Waals surface area contributed by atoms with Gasteiger partial charge in [0, 0.05) is 38.6 Å². The summed E-state index contributed by atoms with van der Waals surface area (Å²) < 4.78 is 1.82. The lowest BCUT2D eigenvalue weighted by Crippen LogP contribution is -2.43. The summed E-state index contributed by atoms with van der Waals surface area (Å²) >= 11 is 0. The predicted octanol–water partition coefficient (Wildman–Crippen LogP) is 0.378. The van der Waals surface area contributed by atoms with Crippen molar-refractivity contribution in [3.8, 4) is 0 Å². The quantitative estimate of drug-likeness (QED) is 0.750. The molecule has 3 rings (SSSR count). The summed E-state index contributed by atoms with van der Waals surface area (Å²) in [5.74, 6) is 1.05. The second-order valence-corrected chi connectivity index (χ2v) is 4.09. The average Bonchev–Trinajstić information content (AvgIpc) is 2.72. The second-order valence-electron chi connectivity index (χ2n) is 4.09. The molecule has 2 aromatic rings. The Labute approximate surface area is 94.1 Å². The molecular formula is C11H15N5. The van der Waals surface area contributed by atoms with Crippen molar-refractivity contribution >= 4 is 16.9 Å². The number of piperazine rings is 1. The number of rotatable bonds is 1. The summed E-state index contributed by atoms with van der Waals surface area (Å²) in [7, 11) is 1.93. The van der Waals surface area contributed by atoms with E-state index in [2.05, 4.69) is 32.4 Å². The topological polar surface area (TPSA) is 46.0 Å². The Morgan fingerprint density at radius 1 is 1.25 bits per heavy atom. The third-order valence-electron chi connectivity index (χ3n) is 3.01. The maximum absolute atomic E-state index is 4.66. The lowest BCUT2D eigenvalue weighted by molar-refractivity contribution is 0.585. The fraction of sp³-hybridized carbons (Fsp3) is 0.455. The molecule has 0 amide bonds. The van der Waals surface area contributed by atoms with Crippen LogP contribution in [-0.2, 0) is 7.05 Å². The van der Waals surface area contributed by atoms with E-state index in [1.54, 1.807) is 0 Å². The van der Waals surface area contributed by atoms with Gasteiger partial charge in [-0.15, -0.1) is 0 Å². The van der Waals surface area contributed by atoms with Crippen LogP contribution >= 0.6 is 0 Å². The van der Waals surface area contributed by atoms with Crippen LogP contribution < -0.4 is 10.2 Å². The highest BCUT2D eigenvalue weighted by molar-refractivity contribution is 5.76. The summed E-state index contributed by atoms with van der Waals surface area (Å²) in [6, 6.07) is 4.17. The number of aromatic nitrogens is 3. The van der Waals surface area contributed by atoms with Crippen molar-refractivity contribution in [3.05, 3.63) is 18.3 Å². The molecule has 1 aliphatic rings. The van der Waals surface area contributed by atoms with Gasteiger partial charge >= 0.3 is 0 Å². The molecule has 16 heavy (non-hydrogen) atoms. The van der Waals surface area contributed by atoms with Crippen LogP contribution in [0.15, 0.2) is 18.3 Å². The van der Waals surface area contributed by atoms with Crippen LogP contribution in [0.5, 0.6) is 0 Å². The summed E-state index contributed by atoms with van der Waals surface area (Å²) in [6.07, 6.45) is 1.85. The van der Waals surface area contributed by atoms with Gasteiger partial charge in [-0.1, -0.05) is 0 Å². The predicted molar refractivity (Wildman–Crippen MR) is 63.6 cm³/mol. The zero-order valence-corrected chi connectivity index (χ0v) is 9.35. The molecule has 84 valence electrons. The minimum absolute atomic E-state index is 0.955. The molecule has 0 bridgehead atoms.